The fourth-order valence-electron chi connectivity index (χ4n) is 1.26. The molecule has 1 aromatic rings. The molecule has 0 saturated heterocycles. The van der Waals surface area contributed by atoms with Gasteiger partial charge in [-0.2, -0.15) is 0 Å². The maximum absolute atomic E-state index is 13.1. The van der Waals surface area contributed by atoms with Crippen molar-refractivity contribution >= 4 is 0 Å². The smallest absolute Gasteiger partial charge is 0.129 e. The Morgan fingerprint density at radius 1 is 1.21 bits per heavy atom. The number of hydrogen-bond donors (Lipinski definition) is 1. The van der Waals surface area contributed by atoms with Crippen LogP contribution in [0.15, 0.2) is 18.2 Å². The van der Waals surface area contributed by atoms with Gasteiger partial charge < -0.3 is 5.32 Å². The van der Waals surface area contributed by atoms with Gasteiger partial charge in [-0.15, -0.1) is 0 Å². The Kier molecular flexibility index (Phi) is 4.01. The fourth-order valence-corrected chi connectivity index (χ4v) is 1.26. The molecule has 1 aromatic carbocycles. The molecule has 1 nitrogen and oxygen atoms in total. The minimum absolute atomic E-state index is 0.167. The highest BCUT2D eigenvalue weighted by molar-refractivity contribution is 5.19. The van der Waals surface area contributed by atoms with Gasteiger partial charge in [0, 0.05) is 11.6 Å². The Bertz CT molecular complexity index is 277. The van der Waals surface area contributed by atoms with Gasteiger partial charge in [0.25, 0.3) is 0 Å². The summed E-state index contributed by atoms with van der Waals surface area (Å²) in [7, 11) is 0. The van der Waals surface area contributed by atoms with Gasteiger partial charge in [0.15, 0.2) is 0 Å². The Balaban J connectivity index is 2.58. The van der Waals surface area contributed by atoms with E-state index in [-0.39, 0.29) is 5.56 Å². The molecule has 0 unspecified atom stereocenters. The van der Waals surface area contributed by atoms with Crippen LogP contribution in [0.1, 0.15) is 19.4 Å². The highest BCUT2D eigenvalue weighted by atomic mass is 19.1. The van der Waals surface area contributed by atoms with Crippen LogP contribution >= 0.6 is 0 Å². The maximum Gasteiger partial charge on any atom is 0.129 e. The van der Waals surface area contributed by atoms with Gasteiger partial charge in [0.2, 0.25) is 0 Å². The van der Waals surface area contributed by atoms with Crippen molar-refractivity contribution in [2.75, 3.05) is 6.54 Å². The lowest BCUT2D eigenvalue weighted by Gasteiger charge is -2.08. The van der Waals surface area contributed by atoms with Gasteiger partial charge >= 0.3 is 0 Å². The summed E-state index contributed by atoms with van der Waals surface area (Å²) < 4.78 is 26.2. The molecule has 0 aliphatic carbocycles. The molecule has 0 radical (unpaired) electrons. The van der Waals surface area contributed by atoms with Crippen LogP contribution in [0.25, 0.3) is 0 Å². The standard InChI is InChI=1S/C11H15F2N/c1-8(2)14-7-6-9-10(12)4-3-5-11(9)13/h3-5,8,14H,6-7H2,1-2H3. The maximum atomic E-state index is 13.1. The minimum Gasteiger partial charge on any atom is -0.314 e. The Hall–Kier alpha value is -0.960. The molecule has 0 aliphatic heterocycles. The second-order valence-corrected chi connectivity index (χ2v) is 3.56. The highest BCUT2D eigenvalue weighted by Crippen LogP contribution is 2.11. The van der Waals surface area contributed by atoms with Crippen molar-refractivity contribution in [2.24, 2.45) is 0 Å². The highest BCUT2D eigenvalue weighted by Gasteiger charge is 2.07. The summed E-state index contributed by atoms with van der Waals surface area (Å²) >= 11 is 0. The largest absolute Gasteiger partial charge is 0.314 e. The van der Waals surface area contributed by atoms with E-state index in [4.69, 9.17) is 0 Å². The number of benzene rings is 1. The van der Waals surface area contributed by atoms with Crippen molar-refractivity contribution in [3.8, 4) is 0 Å². The molecule has 0 heterocycles. The average molecular weight is 199 g/mol. The van der Waals surface area contributed by atoms with E-state index in [1.54, 1.807) is 0 Å². The van der Waals surface area contributed by atoms with Crippen LogP contribution in [-0.2, 0) is 6.42 Å². The molecule has 0 aliphatic rings. The van der Waals surface area contributed by atoms with E-state index in [9.17, 15) is 8.78 Å². The molecular formula is C11H15F2N. The van der Waals surface area contributed by atoms with E-state index >= 15 is 0 Å². The molecule has 0 bridgehead atoms. The molecule has 3 heteroatoms. The zero-order valence-corrected chi connectivity index (χ0v) is 8.48. The van der Waals surface area contributed by atoms with E-state index in [1.807, 2.05) is 13.8 Å². The monoisotopic (exact) mass is 199 g/mol. The molecule has 1 rings (SSSR count). The SMILES string of the molecule is CC(C)NCCc1c(F)cccc1F. The predicted molar refractivity (Wildman–Crippen MR) is 53.2 cm³/mol. The van der Waals surface area contributed by atoms with E-state index in [2.05, 4.69) is 5.32 Å². The summed E-state index contributed by atoms with van der Waals surface area (Å²) in [6.07, 6.45) is 0.386. The lowest BCUT2D eigenvalue weighted by atomic mass is 10.1. The zero-order chi connectivity index (χ0) is 10.6. The van der Waals surface area contributed by atoms with Gasteiger partial charge in [-0.25, -0.2) is 8.78 Å². The van der Waals surface area contributed by atoms with Gasteiger partial charge in [-0.1, -0.05) is 19.9 Å². The number of halogens is 2. The first-order chi connectivity index (χ1) is 6.61. The van der Waals surface area contributed by atoms with Crippen LogP contribution in [0.3, 0.4) is 0 Å². The molecule has 0 saturated carbocycles. The molecule has 1 N–H and O–H groups in total. The second-order valence-electron chi connectivity index (χ2n) is 3.56. The molecule has 0 atom stereocenters. The Morgan fingerprint density at radius 2 is 1.79 bits per heavy atom. The van der Waals surface area contributed by atoms with E-state index < -0.39 is 11.6 Å². The third-order valence-corrected chi connectivity index (χ3v) is 1.99. The number of rotatable bonds is 4. The summed E-state index contributed by atoms with van der Waals surface area (Å²) in [6.45, 7) is 4.59. The van der Waals surface area contributed by atoms with Crippen LogP contribution in [0.4, 0.5) is 8.78 Å². The Labute approximate surface area is 83.1 Å². The summed E-state index contributed by atoms with van der Waals surface area (Å²) in [4.78, 5) is 0. The Morgan fingerprint density at radius 3 is 2.29 bits per heavy atom. The quantitative estimate of drug-likeness (QED) is 0.785. The van der Waals surface area contributed by atoms with Crippen molar-refractivity contribution in [1.82, 2.24) is 5.32 Å². The first-order valence-electron chi connectivity index (χ1n) is 4.77. The van der Waals surface area contributed by atoms with Gasteiger partial charge in [-0.05, 0) is 25.1 Å². The van der Waals surface area contributed by atoms with Crippen LogP contribution in [-0.4, -0.2) is 12.6 Å². The van der Waals surface area contributed by atoms with Crippen molar-refractivity contribution in [2.45, 2.75) is 26.3 Å². The summed E-state index contributed by atoms with van der Waals surface area (Å²) in [6, 6.07) is 4.29. The van der Waals surface area contributed by atoms with Crippen LogP contribution in [0.2, 0.25) is 0 Å². The lowest BCUT2D eigenvalue weighted by Crippen LogP contribution is -2.25. The molecular weight excluding hydrogens is 184 g/mol. The van der Waals surface area contributed by atoms with Crippen molar-refractivity contribution < 1.29 is 8.78 Å². The van der Waals surface area contributed by atoms with Crippen molar-refractivity contribution in [3.05, 3.63) is 35.4 Å². The number of hydrogen-bond acceptors (Lipinski definition) is 1. The second kappa shape index (κ2) is 5.05. The molecule has 14 heavy (non-hydrogen) atoms. The third kappa shape index (κ3) is 3.07. The van der Waals surface area contributed by atoms with Crippen LogP contribution in [0.5, 0.6) is 0 Å². The van der Waals surface area contributed by atoms with Crippen LogP contribution < -0.4 is 5.32 Å². The minimum atomic E-state index is -0.462. The van der Waals surface area contributed by atoms with Gasteiger partial charge in [-0.3, -0.25) is 0 Å². The average Bonchev–Trinajstić information content (AvgIpc) is 2.09. The normalized spacial score (nSPS) is 10.9. The molecule has 0 fully saturated rings. The van der Waals surface area contributed by atoms with Crippen molar-refractivity contribution in [3.63, 3.8) is 0 Å². The first kappa shape index (κ1) is 11.1. The van der Waals surface area contributed by atoms with E-state index in [0.29, 0.717) is 19.0 Å². The predicted octanol–water partition coefficient (Wildman–Crippen LogP) is 2.51. The van der Waals surface area contributed by atoms with Crippen molar-refractivity contribution in [1.29, 1.82) is 0 Å². The summed E-state index contributed by atoms with van der Waals surface area (Å²) in [5.41, 5.74) is 0.167. The molecule has 0 aromatic heterocycles. The lowest BCUT2D eigenvalue weighted by molar-refractivity contribution is 0.533. The van der Waals surface area contributed by atoms with E-state index in [1.165, 1.54) is 18.2 Å². The summed E-state index contributed by atoms with van der Waals surface area (Å²) in [5, 5.41) is 3.12. The van der Waals surface area contributed by atoms with E-state index in [0.717, 1.165) is 0 Å². The first-order valence-corrected chi connectivity index (χ1v) is 4.77. The third-order valence-electron chi connectivity index (χ3n) is 1.99. The molecule has 0 amide bonds. The fraction of sp³-hybridized carbons (Fsp3) is 0.455. The topological polar surface area (TPSA) is 12.0 Å². The zero-order valence-electron chi connectivity index (χ0n) is 8.48. The molecule has 78 valence electrons. The molecule has 0 spiro atoms. The van der Waals surface area contributed by atoms with Crippen LogP contribution in [0, 0.1) is 11.6 Å². The van der Waals surface area contributed by atoms with Gasteiger partial charge in [0.1, 0.15) is 11.6 Å². The number of nitrogens with one attached hydrogen (secondary N) is 1. The summed E-state index contributed by atoms with van der Waals surface area (Å²) in [5.74, 6) is -0.925. The van der Waals surface area contributed by atoms with Gasteiger partial charge in [0.05, 0.1) is 0 Å².